The number of nitrogens with one attached hydrogen (secondary N) is 1. The Kier molecular flexibility index (Phi) is 5.34. The monoisotopic (exact) mass is 467 g/mol. The second kappa shape index (κ2) is 7.93. The highest BCUT2D eigenvalue weighted by Crippen LogP contribution is 2.28. The first-order valence-electron chi connectivity index (χ1n) is 9.04. The summed E-state index contributed by atoms with van der Waals surface area (Å²) in [7, 11) is 0. The van der Waals surface area contributed by atoms with Gasteiger partial charge in [0, 0.05) is 10.2 Å². The molecule has 1 N–H and O–H groups in total. The SMILES string of the molecule is Cc1ccccc1NC(=O)c1sc2ncn(Cc3ccc(Br)cc3)c(=O)c2c1C. The number of nitrogens with zero attached hydrogens (tertiary/aromatic N) is 2. The molecule has 4 aromatic rings. The van der Waals surface area contributed by atoms with E-state index in [1.165, 1.54) is 11.3 Å². The normalized spacial score (nSPS) is 11.0. The molecule has 0 saturated heterocycles. The number of para-hydroxylation sites is 1. The molecule has 2 aromatic carbocycles. The van der Waals surface area contributed by atoms with Crippen molar-refractivity contribution < 1.29 is 4.79 Å². The molecule has 0 spiro atoms. The van der Waals surface area contributed by atoms with E-state index in [2.05, 4.69) is 26.2 Å². The predicted molar refractivity (Wildman–Crippen MR) is 121 cm³/mol. The molecular weight excluding hydrogens is 450 g/mol. The van der Waals surface area contributed by atoms with Gasteiger partial charge in [0.15, 0.2) is 0 Å². The van der Waals surface area contributed by atoms with Crippen LogP contribution in [-0.2, 0) is 6.54 Å². The Balaban J connectivity index is 1.69. The predicted octanol–water partition coefficient (Wildman–Crippen LogP) is 5.14. The number of hydrogen-bond donors (Lipinski definition) is 1. The average molecular weight is 468 g/mol. The number of fused-ring (bicyclic) bond motifs is 1. The number of aromatic nitrogens is 2. The zero-order valence-electron chi connectivity index (χ0n) is 15.9. The molecule has 0 aliphatic heterocycles. The molecule has 0 saturated carbocycles. The molecule has 7 heteroatoms. The molecule has 0 aliphatic rings. The third kappa shape index (κ3) is 3.88. The highest BCUT2D eigenvalue weighted by atomic mass is 79.9. The average Bonchev–Trinajstić information content (AvgIpc) is 3.05. The Bertz CT molecular complexity index is 1280. The van der Waals surface area contributed by atoms with Crippen molar-refractivity contribution in [3.05, 3.63) is 91.3 Å². The minimum atomic E-state index is -0.223. The Morgan fingerprint density at radius 3 is 2.59 bits per heavy atom. The first-order chi connectivity index (χ1) is 13.9. The molecule has 146 valence electrons. The molecule has 0 bridgehead atoms. The Morgan fingerprint density at radius 1 is 1.14 bits per heavy atom. The first-order valence-corrected chi connectivity index (χ1v) is 10.6. The third-order valence-electron chi connectivity index (χ3n) is 4.78. The van der Waals surface area contributed by atoms with E-state index in [-0.39, 0.29) is 11.5 Å². The molecule has 4 rings (SSSR count). The van der Waals surface area contributed by atoms with Crippen molar-refractivity contribution in [3.8, 4) is 0 Å². The lowest BCUT2D eigenvalue weighted by Gasteiger charge is -2.07. The summed E-state index contributed by atoms with van der Waals surface area (Å²) in [5, 5.41) is 3.44. The number of amides is 1. The minimum Gasteiger partial charge on any atom is -0.321 e. The molecule has 0 radical (unpaired) electrons. The van der Waals surface area contributed by atoms with Crippen LogP contribution in [0.2, 0.25) is 0 Å². The molecule has 0 fully saturated rings. The third-order valence-corrected chi connectivity index (χ3v) is 6.51. The van der Waals surface area contributed by atoms with Crippen LogP contribution in [0.1, 0.15) is 26.4 Å². The summed E-state index contributed by atoms with van der Waals surface area (Å²) in [4.78, 5) is 31.4. The van der Waals surface area contributed by atoms with Gasteiger partial charge < -0.3 is 5.32 Å². The van der Waals surface area contributed by atoms with Gasteiger partial charge in [-0.3, -0.25) is 14.2 Å². The van der Waals surface area contributed by atoms with Crippen molar-refractivity contribution in [2.24, 2.45) is 0 Å². The molecule has 2 heterocycles. The quantitative estimate of drug-likeness (QED) is 0.451. The van der Waals surface area contributed by atoms with E-state index in [0.717, 1.165) is 21.3 Å². The lowest BCUT2D eigenvalue weighted by atomic mass is 10.1. The number of benzene rings is 2. The standard InChI is InChI=1S/C22H18BrN3O2S/c1-13-5-3-4-6-17(13)25-20(27)19-14(2)18-21(29-19)24-12-26(22(18)28)11-15-7-9-16(23)10-8-15/h3-10,12H,11H2,1-2H3,(H,25,27). The van der Waals surface area contributed by atoms with Gasteiger partial charge in [0.2, 0.25) is 0 Å². The fraction of sp³-hybridized carbons (Fsp3) is 0.136. The van der Waals surface area contributed by atoms with E-state index in [9.17, 15) is 9.59 Å². The summed E-state index contributed by atoms with van der Waals surface area (Å²) in [5.41, 5.74) is 3.27. The lowest BCUT2D eigenvalue weighted by Crippen LogP contribution is -2.21. The van der Waals surface area contributed by atoms with Gasteiger partial charge in [-0.25, -0.2) is 4.98 Å². The van der Waals surface area contributed by atoms with Crippen LogP contribution >= 0.6 is 27.3 Å². The molecule has 0 unspecified atom stereocenters. The van der Waals surface area contributed by atoms with E-state index in [0.29, 0.717) is 27.2 Å². The lowest BCUT2D eigenvalue weighted by molar-refractivity contribution is 0.103. The smallest absolute Gasteiger partial charge is 0.266 e. The van der Waals surface area contributed by atoms with Crippen molar-refractivity contribution in [2.75, 3.05) is 5.32 Å². The number of hydrogen-bond acceptors (Lipinski definition) is 4. The van der Waals surface area contributed by atoms with E-state index >= 15 is 0 Å². The van der Waals surface area contributed by atoms with E-state index in [1.54, 1.807) is 17.8 Å². The number of thiophene rings is 1. The Hall–Kier alpha value is -2.77. The summed E-state index contributed by atoms with van der Waals surface area (Å²) >= 11 is 4.66. The van der Waals surface area contributed by atoms with Crippen LogP contribution in [0, 0.1) is 13.8 Å². The number of aryl methyl sites for hydroxylation is 2. The van der Waals surface area contributed by atoms with Gasteiger partial charge in [0.05, 0.1) is 23.1 Å². The maximum absolute atomic E-state index is 13.1. The van der Waals surface area contributed by atoms with Crippen LogP contribution in [0.3, 0.4) is 0 Å². The van der Waals surface area contributed by atoms with Crippen LogP contribution < -0.4 is 10.9 Å². The molecular formula is C22H18BrN3O2S. The zero-order valence-corrected chi connectivity index (χ0v) is 18.3. The summed E-state index contributed by atoms with van der Waals surface area (Å²) < 4.78 is 2.56. The molecule has 1 amide bonds. The van der Waals surface area contributed by atoms with Crippen molar-refractivity contribution in [1.29, 1.82) is 0 Å². The number of anilines is 1. The molecule has 0 atom stereocenters. The topological polar surface area (TPSA) is 64.0 Å². The summed E-state index contributed by atoms with van der Waals surface area (Å²) in [6.07, 6.45) is 1.55. The van der Waals surface area contributed by atoms with Crippen molar-refractivity contribution in [2.45, 2.75) is 20.4 Å². The van der Waals surface area contributed by atoms with E-state index < -0.39 is 0 Å². The second-order valence-corrected chi connectivity index (χ2v) is 8.72. The van der Waals surface area contributed by atoms with Crippen molar-refractivity contribution in [3.63, 3.8) is 0 Å². The van der Waals surface area contributed by atoms with Gasteiger partial charge in [-0.2, -0.15) is 0 Å². The van der Waals surface area contributed by atoms with Crippen LogP contribution in [-0.4, -0.2) is 15.5 Å². The number of carbonyl (C=O) groups excluding carboxylic acids is 1. The van der Waals surface area contributed by atoms with E-state index in [4.69, 9.17) is 0 Å². The zero-order chi connectivity index (χ0) is 20.5. The van der Waals surface area contributed by atoms with Crippen molar-refractivity contribution >= 4 is 49.1 Å². The van der Waals surface area contributed by atoms with Gasteiger partial charge in [-0.1, -0.05) is 46.3 Å². The summed E-state index contributed by atoms with van der Waals surface area (Å²) in [5.74, 6) is -0.223. The van der Waals surface area contributed by atoms with Gasteiger partial charge in [-0.05, 0) is 48.7 Å². The largest absolute Gasteiger partial charge is 0.321 e. The summed E-state index contributed by atoms with van der Waals surface area (Å²) in [6, 6.07) is 15.4. The second-order valence-electron chi connectivity index (χ2n) is 6.81. The number of rotatable bonds is 4. The Labute approximate surface area is 180 Å². The molecule has 29 heavy (non-hydrogen) atoms. The Morgan fingerprint density at radius 2 is 1.86 bits per heavy atom. The molecule has 0 aliphatic carbocycles. The van der Waals surface area contributed by atoms with Gasteiger partial charge >= 0.3 is 0 Å². The fourth-order valence-electron chi connectivity index (χ4n) is 3.17. The number of halogens is 1. The number of carbonyl (C=O) groups is 1. The van der Waals surface area contributed by atoms with Gasteiger partial charge in [0.25, 0.3) is 11.5 Å². The van der Waals surface area contributed by atoms with Crippen LogP contribution in [0.15, 0.2) is 64.1 Å². The molecule has 2 aromatic heterocycles. The highest BCUT2D eigenvalue weighted by Gasteiger charge is 2.20. The van der Waals surface area contributed by atoms with Crippen molar-refractivity contribution in [1.82, 2.24) is 9.55 Å². The minimum absolute atomic E-state index is 0.137. The van der Waals surface area contributed by atoms with Crippen LogP contribution in [0.25, 0.3) is 10.2 Å². The fourth-order valence-corrected chi connectivity index (χ4v) is 4.47. The molecule has 5 nitrogen and oxygen atoms in total. The van der Waals surface area contributed by atoms with Gasteiger partial charge in [0.1, 0.15) is 4.83 Å². The maximum atomic E-state index is 13.1. The maximum Gasteiger partial charge on any atom is 0.266 e. The highest BCUT2D eigenvalue weighted by molar-refractivity contribution is 9.10. The van der Waals surface area contributed by atoms with Crippen LogP contribution in [0.5, 0.6) is 0 Å². The summed E-state index contributed by atoms with van der Waals surface area (Å²) in [6.45, 7) is 4.17. The van der Waals surface area contributed by atoms with Gasteiger partial charge in [-0.15, -0.1) is 11.3 Å². The first kappa shape index (κ1) is 19.5. The van der Waals surface area contributed by atoms with E-state index in [1.807, 2.05) is 55.5 Å². The van der Waals surface area contributed by atoms with Crippen LogP contribution in [0.4, 0.5) is 5.69 Å².